The molecule has 0 amide bonds. The predicted octanol–water partition coefficient (Wildman–Crippen LogP) is 2.93. The van der Waals surface area contributed by atoms with Gasteiger partial charge in [-0.2, -0.15) is 0 Å². The molecule has 130 valence electrons. The van der Waals surface area contributed by atoms with E-state index in [-0.39, 0.29) is 17.5 Å². The average Bonchev–Trinajstić information content (AvgIpc) is 2.56. The number of likely N-dealkylation sites (N-methyl/N-ethyl adjacent to an activating group) is 1. The van der Waals surface area contributed by atoms with Crippen LogP contribution in [0.3, 0.4) is 0 Å². The minimum Gasteiger partial charge on any atom is -0.497 e. The van der Waals surface area contributed by atoms with E-state index < -0.39 is 10.0 Å². The van der Waals surface area contributed by atoms with Gasteiger partial charge in [-0.25, -0.2) is 13.1 Å². The Labute approximate surface area is 148 Å². The molecule has 1 N–H and O–H groups in total. The van der Waals surface area contributed by atoms with Crippen molar-refractivity contribution in [1.82, 2.24) is 9.62 Å². The third-order valence-electron chi connectivity index (χ3n) is 3.72. The van der Waals surface area contributed by atoms with Crippen LogP contribution in [0.5, 0.6) is 5.75 Å². The minimum atomic E-state index is -3.61. The molecule has 0 saturated heterocycles. The van der Waals surface area contributed by atoms with E-state index in [4.69, 9.17) is 16.3 Å². The fraction of sp³-hybridized carbons (Fsp3) is 0.294. The summed E-state index contributed by atoms with van der Waals surface area (Å²) in [6, 6.07) is 13.5. The van der Waals surface area contributed by atoms with Crippen molar-refractivity contribution < 1.29 is 13.2 Å². The number of nitrogens with one attached hydrogen (secondary N) is 1. The fourth-order valence-corrected chi connectivity index (χ4v) is 3.64. The van der Waals surface area contributed by atoms with Gasteiger partial charge in [-0.05, 0) is 50.0 Å². The van der Waals surface area contributed by atoms with Crippen LogP contribution in [0, 0.1) is 0 Å². The van der Waals surface area contributed by atoms with E-state index in [1.165, 1.54) is 19.2 Å². The van der Waals surface area contributed by atoms with E-state index in [0.717, 1.165) is 5.56 Å². The van der Waals surface area contributed by atoms with Crippen LogP contribution in [0.15, 0.2) is 53.4 Å². The number of rotatable bonds is 7. The van der Waals surface area contributed by atoms with Crippen molar-refractivity contribution >= 4 is 21.6 Å². The molecule has 0 radical (unpaired) electrons. The van der Waals surface area contributed by atoms with E-state index >= 15 is 0 Å². The molecule has 2 aromatic rings. The lowest BCUT2D eigenvalue weighted by atomic mass is 10.1. The maximum Gasteiger partial charge on any atom is 0.240 e. The smallest absolute Gasteiger partial charge is 0.240 e. The molecule has 5 nitrogen and oxygen atoms in total. The zero-order valence-electron chi connectivity index (χ0n) is 13.9. The van der Waals surface area contributed by atoms with Gasteiger partial charge in [0.05, 0.1) is 12.0 Å². The number of halogens is 1. The number of hydrogen-bond donors (Lipinski definition) is 1. The second-order valence-electron chi connectivity index (χ2n) is 5.53. The summed E-state index contributed by atoms with van der Waals surface area (Å²) in [7, 11) is 1.69. The fourth-order valence-electron chi connectivity index (χ4n) is 2.34. The summed E-state index contributed by atoms with van der Waals surface area (Å²) in [5.74, 6) is 0.608. The van der Waals surface area contributed by atoms with Crippen molar-refractivity contribution in [2.75, 3.05) is 27.7 Å². The Bertz CT molecular complexity index is 777. The first-order valence-corrected chi connectivity index (χ1v) is 9.26. The van der Waals surface area contributed by atoms with Crippen molar-refractivity contribution in [3.05, 3.63) is 59.1 Å². The molecule has 0 aromatic heterocycles. The van der Waals surface area contributed by atoms with Crippen LogP contribution in [0.4, 0.5) is 0 Å². The van der Waals surface area contributed by atoms with E-state index in [2.05, 4.69) is 4.72 Å². The number of sulfonamides is 1. The number of hydrogen-bond acceptors (Lipinski definition) is 4. The van der Waals surface area contributed by atoms with Crippen LogP contribution < -0.4 is 9.46 Å². The van der Waals surface area contributed by atoms with Crippen molar-refractivity contribution in [3.8, 4) is 5.75 Å². The van der Waals surface area contributed by atoms with Gasteiger partial charge in [0.1, 0.15) is 5.75 Å². The summed E-state index contributed by atoms with van der Waals surface area (Å²) in [5, 5.41) is 0.611. The van der Waals surface area contributed by atoms with Gasteiger partial charge in [0.25, 0.3) is 0 Å². The first-order valence-electron chi connectivity index (χ1n) is 7.39. The zero-order valence-corrected chi connectivity index (χ0v) is 15.4. The second kappa shape index (κ2) is 7.98. The molecule has 0 fully saturated rings. The summed E-state index contributed by atoms with van der Waals surface area (Å²) in [4.78, 5) is 2.12. The molecule has 0 bridgehead atoms. The Hall–Kier alpha value is -1.60. The van der Waals surface area contributed by atoms with Crippen LogP contribution in [0.2, 0.25) is 5.02 Å². The zero-order chi connectivity index (χ0) is 17.7. The molecule has 1 atom stereocenters. The van der Waals surface area contributed by atoms with Gasteiger partial charge in [0, 0.05) is 17.6 Å². The van der Waals surface area contributed by atoms with Crippen LogP contribution in [-0.2, 0) is 10.0 Å². The van der Waals surface area contributed by atoms with Gasteiger partial charge in [-0.15, -0.1) is 0 Å². The van der Waals surface area contributed by atoms with Crippen molar-refractivity contribution in [3.63, 3.8) is 0 Å². The Morgan fingerprint density at radius 1 is 1.12 bits per heavy atom. The molecule has 2 rings (SSSR count). The highest BCUT2D eigenvalue weighted by Crippen LogP contribution is 2.26. The SMILES string of the molecule is COc1ccc(S(=O)(=O)NC[C@@H](c2ccccc2Cl)N(C)C)cc1. The Balaban J connectivity index is 2.17. The Morgan fingerprint density at radius 3 is 2.29 bits per heavy atom. The number of ether oxygens (including phenoxy) is 1. The van der Waals surface area contributed by atoms with Crippen molar-refractivity contribution in [2.24, 2.45) is 0 Å². The number of nitrogens with zero attached hydrogens (tertiary/aromatic N) is 1. The average molecular weight is 369 g/mol. The molecule has 7 heteroatoms. The van der Waals surface area contributed by atoms with Gasteiger partial charge in [-0.1, -0.05) is 29.8 Å². The van der Waals surface area contributed by atoms with Gasteiger partial charge in [-0.3, -0.25) is 0 Å². The van der Waals surface area contributed by atoms with Gasteiger partial charge < -0.3 is 9.64 Å². The lowest BCUT2D eigenvalue weighted by Gasteiger charge is -2.26. The van der Waals surface area contributed by atoms with E-state index in [1.807, 2.05) is 37.2 Å². The van der Waals surface area contributed by atoms with Gasteiger partial charge in [0.15, 0.2) is 0 Å². The summed E-state index contributed by atoms with van der Waals surface area (Å²) in [5.41, 5.74) is 0.876. The van der Waals surface area contributed by atoms with E-state index in [9.17, 15) is 8.42 Å². The Kier molecular flexibility index (Phi) is 6.23. The summed E-state index contributed by atoms with van der Waals surface area (Å²) < 4.78 is 32.6. The lowest BCUT2D eigenvalue weighted by molar-refractivity contribution is 0.299. The predicted molar refractivity (Wildman–Crippen MR) is 96.1 cm³/mol. The maximum atomic E-state index is 12.5. The minimum absolute atomic E-state index is 0.174. The monoisotopic (exact) mass is 368 g/mol. The van der Waals surface area contributed by atoms with E-state index in [0.29, 0.717) is 10.8 Å². The number of methoxy groups -OCH3 is 1. The highest BCUT2D eigenvalue weighted by Gasteiger charge is 2.21. The Morgan fingerprint density at radius 2 is 1.75 bits per heavy atom. The summed E-state index contributed by atoms with van der Waals surface area (Å²) >= 11 is 6.25. The molecular weight excluding hydrogens is 348 g/mol. The largest absolute Gasteiger partial charge is 0.497 e. The first-order chi connectivity index (χ1) is 11.3. The molecule has 2 aromatic carbocycles. The first kappa shape index (κ1) is 18.7. The summed E-state index contributed by atoms with van der Waals surface area (Å²) in [6.07, 6.45) is 0. The highest BCUT2D eigenvalue weighted by molar-refractivity contribution is 7.89. The highest BCUT2D eigenvalue weighted by atomic mass is 35.5. The molecule has 0 unspecified atom stereocenters. The van der Waals surface area contributed by atoms with Crippen molar-refractivity contribution in [2.45, 2.75) is 10.9 Å². The molecule has 0 saturated carbocycles. The van der Waals surface area contributed by atoms with E-state index in [1.54, 1.807) is 18.2 Å². The topological polar surface area (TPSA) is 58.6 Å². The molecule has 0 aliphatic heterocycles. The van der Waals surface area contributed by atoms with Gasteiger partial charge >= 0.3 is 0 Å². The molecule has 0 heterocycles. The second-order valence-corrected chi connectivity index (χ2v) is 7.70. The van der Waals surface area contributed by atoms with Crippen LogP contribution >= 0.6 is 11.6 Å². The molecule has 0 aliphatic carbocycles. The molecule has 24 heavy (non-hydrogen) atoms. The molecule has 0 spiro atoms. The van der Waals surface area contributed by atoms with Crippen LogP contribution in [-0.4, -0.2) is 41.1 Å². The third kappa shape index (κ3) is 4.48. The quantitative estimate of drug-likeness (QED) is 0.816. The maximum absolute atomic E-state index is 12.5. The normalized spacial score (nSPS) is 13.0. The van der Waals surface area contributed by atoms with Gasteiger partial charge in [0.2, 0.25) is 10.0 Å². The van der Waals surface area contributed by atoms with Crippen LogP contribution in [0.25, 0.3) is 0 Å². The summed E-state index contributed by atoms with van der Waals surface area (Å²) in [6.45, 7) is 0.213. The van der Waals surface area contributed by atoms with Crippen LogP contribution in [0.1, 0.15) is 11.6 Å². The lowest BCUT2D eigenvalue weighted by Crippen LogP contribution is -2.34. The standard InChI is InChI=1S/C17H21ClN2O3S/c1-20(2)17(15-6-4-5-7-16(15)18)12-19-24(21,22)14-10-8-13(23-3)9-11-14/h4-11,17,19H,12H2,1-3H3/t17-/m0/s1. The molecular formula is C17H21ClN2O3S. The molecule has 0 aliphatic rings. The third-order valence-corrected chi connectivity index (χ3v) is 5.51. The number of benzene rings is 2. The van der Waals surface area contributed by atoms with Crippen molar-refractivity contribution in [1.29, 1.82) is 0 Å².